The Morgan fingerprint density at radius 2 is 1.65 bits per heavy atom. The SMILES string of the molecule is CCN(CC(O)c1ccc(C(F)(F)F)cc1)C1CCc2cc(OC)c(OC)cc2C1.Cl. The van der Waals surface area contributed by atoms with Gasteiger partial charge in [0.25, 0.3) is 0 Å². The van der Waals surface area contributed by atoms with Crippen LogP contribution in [0.3, 0.4) is 0 Å². The van der Waals surface area contributed by atoms with Crippen molar-refractivity contribution in [1.82, 2.24) is 4.90 Å². The number of rotatable bonds is 7. The third kappa shape index (κ3) is 5.84. The zero-order valence-electron chi connectivity index (χ0n) is 17.9. The minimum Gasteiger partial charge on any atom is -0.493 e. The first-order chi connectivity index (χ1) is 14.3. The molecule has 0 bridgehead atoms. The average molecular weight is 460 g/mol. The van der Waals surface area contributed by atoms with E-state index < -0.39 is 17.8 Å². The normalized spacial score (nSPS) is 17.0. The molecule has 2 atom stereocenters. The summed E-state index contributed by atoms with van der Waals surface area (Å²) in [4.78, 5) is 2.20. The van der Waals surface area contributed by atoms with Gasteiger partial charge in [-0.25, -0.2) is 0 Å². The van der Waals surface area contributed by atoms with Crippen LogP contribution in [-0.2, 0) is 19.0 Å². The largest absolute Gasteiger partial charge is 0.493 e. The number of halogens is 4. The molecule has 1 aliphatic rings. The Kier molecular flexibility index (Phi) is 8.63. The molecule has 1 aliphatic carbocycles. The first kappa shape index (κ1) is 25.3. The smallest absolute Gasteiger partial charge is 0.416 e. The molecule has 3 rings (SSSR count). The first-order valence-corrected chi connectivity index (χ1v) is 10.1. The maximum Gasteiger partial charge on any atom is 0.416 e. The molecule has 2 aromatic rings. The van der Waals surface area contributed by atoms with Crippen molar-refractivity contribution >= 4 is 12.4 Å². The van der Waals surface area contributed by atoms with Crippen molar-refractivity contribution < 1.29 is 27.8 Å². The number of nitrogens with zero attached hydrogens (tertiary/aromatic N) is 1. The molecule has 0 aliphatic heterocycles. The first-order valence-electron chi connectivity index (χ1n) is 10.1. The molecule has 2 unspecified atom stereocenters. The van der Waals surface area contributed by atoms with E-state index in [2.05, 4.69) is 4.90 Å². The topological polar surface area (TPSA) is 41.9 Å². The van der Waals surface area contributed by atoms with Gasteiger partial charge in [0.1, 0.15) is 0 Å². The van der Waals surface area contributed by atoms with Gasteiger partial charge < -0.3 is 14.6 Å². The minimum atomic E-state index is -4.38. The van der Waals surface area contributed by atoms with Gasteiger partial charge in [-0.3, -0.25) is 4.90 Å². The van der Waals surface area contributed by atoms with E-state index in [1.54, 1.807) is 14.2 Å². The van der Waals surface area contributed by atoms with Gasteiger partial charge in [0.15, 0.2) is 11.5 Å². The molecule has 0 spiro atoms. The highest BCUT2D eigenvalue weighted by Gasteiger charge is 2.31. The number of fused-ring (bicyclic) bond motifs is 1. The van der Waals surface area contributed by atoms with Gasteiger partial charge in [-0.15, -0.1) is 12.4 Å². The van der Waals surface area contributed by atoms with Crippen LogP contribution in [0.4, 0.5) is 13.2 Å². The molecule has 1 N–H and O–H groups in total. The van der Waals surface area contributed by atoms with Crippen molar-refractivity contribution in [1.29, 1.82) is 0 Å². The lowest BCUT2D eigenvalue weighted by Crippen LogP contribution is -2.41. The number of hydrogen-bond acceptors (Lipinski definition) is 4. The van der Waals surface area contributed by atoms with Crippen LogP contribution in [-0.4, -0.2) is 43.4 Å². The highest BCUT2D eigenvalue weighted by atomic mass is 35.5. The zero-order valence-corrected chi connectivity index (χ0v) is 18.7. The molecule has 172 valence electrons. The van der Waals surface area contributed by atoms with Crippen LogP contribution in [0.1, 0.15) is 41.7 Å². The quantitative estimate of drug-likeness (QED) is 0.628. The standard InChI is InChI=1S/C23H28F3NO3.ClH/c1-4-27(14-20(28)15-5-8-18(9-6-15)23(24,25)26)19-10-7-16-12-21(29-2)22(30-3)13-17(16)11-19;/h5-6,8-9,12-13,19-20,28H,4,7,10-11,14H2,1-3H3;1H. The summed E-state index contributed by atoms with van der Waals surface area (Å²) in [6.07, 6.45) is -2.57. The zero-order chi connectivity index (χ0) is 21.9. The fraction of sp³-hybridized carbons (Fsp3) is 0.478. The molecule has 0 saturated carbocycles. The number of benzene rings is 2. The van der Waals surface area contributed by atoms with Gasteiger partial charge in [-0.1, -0.05) is 19.1 Å². The molecule has 0 radical (unpaired) electrons. The van der Waals surface area contributed by atoms with Gasteiger partial charge in [0.05, 0.1) is 25.9 Å². The number of methoxy groups -OCH3 is 2. The van der Waals surface area contributed by atoms with Gasteiger partial charge in [0, 0.05) is 12.6 Å². The third-order valence-corrected chi connectivity index (χ3v) is 5.86. The van der Waals surface area contributed by atoms with E-state index in [9.17, 15) is 18.3 Å². The van der Waals surface area contributed by atoms with Crippen molar-refractivity contribution in [2.24, 2.45) is 0 Å². The summed E-state index contributed by atoms with van der Waals surface area (Å²) in [7, 11) is 3.24. The molecule has 31 heavy (non-hydrogen) atoms. The lowest BCUT2D eigenvalue weighted by atomic mass is 9.86. The van der Waals surface area contributed by atoms with Crippen molar-refractivity contribution in [2.45, 2.75) is 44.5 Å². The van der Waals surface area contributed by atoms with Gasteiger partial charge in [-0.2, -0.15) is 13.2 Å². The van der Waals surface area contributed by atoms with E-state index >= 15 is 0 Å². The van der Waals surface area contributed by atoms with Crippen LogP contribution < -0.4 is 9.47 Å². The van der Waals surface area contributed by atoms with Crippen LogP contribution in [0.5, 0.6) is 11.5 Å². The van der Waals surface area contributed by atoms with Gasteiger partial charge >= 0.3 is 6.18 Å². The predicted molar refractivity (Wildman–Crippen MR) is 116 cm³/mol. The Morgan fingerprint density at radius 3 is 2.16 bits per heavy atom. The molecule has 0 aromatic heterocycles. The summed E-state index contributed by atoms with van der Waals surface area (Å²) < 4.78 is 49.1. The highest BCUT2D eigenvalue weighted by Crippen LogP contribution is 2.35. The lowest BCUT2D eigenvalue weighted by Gasteiger charge is -2.36. The van der Waals surface area contributed by atoms with Crippen LogP contribution in [0.25, 0.3) is 0 Å². The number of ether oxygens (including phenoxy) is 2. The molecule has 8 heteroatoms. The summed E-state index contributed by atoms with van der Waals surface area (Å²) in [5, 5.41) is 10.6. The summed E-state index contributed by atoms with van der Waals surface area (Å²) in [5.41, 5.74) is 2.22. The van der Waals surface area contributed by atoms with Gasteiger partial charge in [0.2, 0.25) is 0 Å². The van der Waals surface area contributed by atoms with E-state index in [4.69, 9.17) is 9.47 Å². The Bertz CT molecular complexity index is 858. The Balaban J connectivity index is 0.00000341. The second-order valence-electron chi connectivity index (χ2n) is 7.60. The van der Waals surface area contributed by atoms with E-state index in [0.29, 0.717) is 17.9 Å². The van der Waals surface area contributed by atoms with Crippen LogP contribution >= 0.6 is 12.4 Å². The van der Waals surface area contributed by atoms with Gasteiger partial charge in [-0.05, 0) is 66.8 Å². The minimum absolute atomic E-state index is 0. The second-order valence-corrected chi connectivity index (χ2v) is 7.60. The maximum atomic E-state index is 12.8. The fourth-order valence-electron chi connectivity index (χ4n) is 4.13. The van der Waals surface area contributed by atoms with Crippen LogP contribution in [0, 0.1) is 0 Å². The molecular weight excluding hydrogens is 431 g/mol. The monoisotopic (exact) mass is 459 g/mol. The average Bonchev–Trinajstić information content (AvgIpc) is 2.75. The molecule has 0 saturated heterocycles. The van der Waals surface area contributed by atoms with Crippen molar-refractivity contribution in [3.05, 3.63) is 58.7 Å². The Morgan fingerprint density at radius 1 is 1.06 bits per heavy atom. The molecular formula is C23H29ClF3NO3. The van der Waals surface area contributed by atoms with Crippen molar-refractivity contribution in [2.75, 3.05) is 27.3 Å². The highest BCUT2D eigenvalue weighted by molar-refractivity contribution is 5.85. The van der Waals surface area contributed by atoms with E-state index in [1.165, 1.54) is 23.3 Å². The van der Waals surface area contributed by atoms with Crippen LogP contribution in [0.2, 0.25) is 0 Å². The molecule has 0 fully saturated rings. The van der Waals surface area contributed by atoms with Crippen molar-refractivity contribution in [3.63, 3.8) is 0 Å². The number of aryl methyl sites for hydroxylation is 1. The molecule has 0 heterocycles. The van der Waals surface area contributed by atoms with E-state index in [0.717, 1.165) is 43.7 Å². The molecule has 0 amide bonds. The molecule has 4 nitrogen and oxygen atoms in total. The van der Waals surface area contributed by atoms with Crippen molar-refractivity contribution in [3.8, 4) is 11.5 Å². The summed E-state index contributed by atoms with van der Waals surface area (Å²) in [6, 6.07) is 9.03. The number of alkyl halides is 3. The lowest BCUT2D eigenvalue weighted by molar-refractivity contribution is -0.137. The fourth-order valence-corrected chi connectivity index (χ4v) is 4.13. The number of aliphatic hydroxyl groups excluding tert-OH is 1. The second kappa shape index (κ2) is 10.6. The van der Waals surface area contributed by atoms with E-state index in [1.807, 2.05) is 19.1 Å². The Labute approximate surface area is 187 Å². The number of aliphatic hydroxyl groups is 1. The maximum absolute atomic E-state index is 12.8. The predicted octanol–water partition coefficient (Wildman–Crippen LogP) is 5.06. The summed E-state index contributed by atoms with van der Waals surface area (Å²) in [6.45, 7) is 3.14. The van der Waals surface area contributed by atoms with E-state index in [-0.39, 0.29) is 18.4 Å². The Hall–Kier alpha value is -1.96. The van der Waals surface area contributed by atoms with Crippen LogP contribution in [0.15, 0.2) is 36.4 Å². The third-order valence-electron chi connectivity index (χ3n) is 5.86. The summed E-state index contributed by atoms with van der Waals surface area (Å²) in [5.74, 6) is 1.42. The number of hydrogen-bond donors (Lipinski definition) is 1. The molecule has 2 aromatic carbocycles. The number of likely N-dealkylation sites (N-methyl/N-ethyl adjacent to an activating group) is 1. The summed E-state index contributed by atoms with van der Waals surface area (Å²) >= 11 is 0.